The maximum Gasteiger partial charge on any atom is 0.146 e. The Morgan fingerprint density at radius 3 is 2.67 bits per heavy atom. The summed E-state index contributed by atoms with van der Waals surface area (Å²) < 4.78 is 8.83. The Morgan fingerprint density at radius 1 is 1.17 bits per heavy atom. The second-order valence-electron chi connectivity index (χ2n) is 3.99. The van der Waals surface area contributed by atoms with Crippen molar-refractivity contribution in [2.45, 2.75) is 0 Å². The molecular weight excluding hydrogens is 252 g/mol. The van der Waals surface area contributed by atoms with Gasteiger partial charge in [-0.3, -0.25) is 4.68 Å². The summed E-state index contributed by atoms with van der Waals surface area (Å²) in [4.78, 5) is 0. The lowest BCUT2D eigenvalue weighted by atomic mass is 10.1. The molecule has 0 aromatic carbocycles. The number of aromatic nitrogens is 4. The molecule has 6 heteroatoms. The molecule has 0 atom stereocenters. The molecule has 3 aromatic heterocycles. The van der Waals surface area contributed by atoms with Crippen molar-refractivity contribution in [1.82, 2.24) is 19.4 Å². The summed E-state index contributed by atoms with van der Waals surface area (Å²) in [7, 11) is 3.50. The lowest BCUT2D eigenvalue weighted by Gasteiger charge is -2.06. The summed E-state index contributed by atoms with van der Waals surface area (Å²) in [6, 6.07) is 1.93. The summed E-state index contributed by atoms with van der Waals surface area (Å²) in [5.74, 6) is 0.693. The van der Waals surface area contributed by atoms with Gasteiger partial charge in [0.15, 0.2) is 0 Å². The molecule has 0 spiro atoms. The van der Waals surface area contributed by atoms with Crippen molar-refractivity contribution in [3.63, 3.8) is 0 Å². The van der Waals surface area contributed by atoms with Crippen LogP contribution in [0.5, 0.6) is 5.75 Å². The standard InChI is InChI=1S/C12H11ClN4O/c1-16-6-9(4-14-16)8-3-11(18-2)12-10(13)5-15-17(12)7-8/h3-7H,1-2H3. The highest BCUT2D eigenvalue weighted by Crippen LogP contribution is 2.31. The number of rotatable bonds is 2. The molecule has 0 saturated heterocycles. The Labute approximate surface area is 109 Å². The molecule has 0 N–H and O–H groups in total. The first-order chi connectivity index (χ1) is 8.69. The quantitative estimate of drug-likeness (QED) is 0.712. The maximum atomic E-state index is 6.08. The van der Waals surface area contributed by atoms with E-state index in [-0.39, 0.29) is 0 Å². The molecule has 18 heavy (non-hydrogen) atoms. The Morgan fingerprint density at radius 2 is 2.00 bits per heavy atom. The number of hydrogen-bond donors (Lipinski definition) is 0. The van der Waals surface area contributed by atoms with Crippen molar-refractivity contribution in [3.8, 4) is 16.9 Å². The lowest BCUT2D eigenvalue weighted by Crippen LogP contribution is -1.93. The molecule has 5 nitrogen and oxygen atoms in total. The van der Waals surface area contributed by atoms with Crippen LogP contribution in [0.15, 0.2) is 30.9 Å². The van der Waals surface area contributed by atoms with Gasteiger partial charge in [0.05, 0.1) is 24.5 Å². The zero-order valence-electron chi connectivity index (χ0n) is 9.96. The third kappa shape index (κ3) is 1.64. The highest BCUT2D eigenvalue weighted by atomic mass is 35.5. The van der Waals surface area contributed by atoms with E-state index in [1.807, 2.05) is 25.5 Å². The average molecular weight is 263 g/mol. The average Bonchev–Trinajstić information content (AvgIpc) is 2.95. The van der Waals surface area contributed by atoms with Crippen LogP contribution in [0.2, 0.25) is 5.02 Å². The van der Waals surface area contributed by atoms with Crippen molar-refractivity contribution in [3.05, 3.63) is 35.9 Å². The summed E-state index contributed by atoms with van der Waals surface area (Å²) >= 11 is 6.08. The molecule has 3 rings (SSSR count). The van der Waals surface area contributed by atoms with Gasteiger partial charge in [-0.15, -0.1) is 0 Å². The van der Waals surface area contributed by atoms with Crippen LogP contribution in [0.3, 0.4) is 0 Å². The SMILES string of the molecule is COc1cc(-c2cnn(C)c2)cn2ncc(Cl)c12. The van der Waals surface area contributed by atoms with Crippen LogP contribution >= 0.6 is 11.6 Å². The number of hydrogen-bond acceptors (Lipinski definition) is 3. The molecule has 0 bridgehead atoms. The third-order valence-electron chi connectivity index (χ3n) is 2.79. The second-order valence-corrected chi connectivity index (χ2v) is 4.39. The number of ether oxygens (including phenoxy) is 1. The van der Waals surface area contributed by atoms with Crippen LogP contribution in [0.25, 0.3) is 16.6 Å². The number of methoxy groups -OCH3 is 1. The van der Waals surface area contributed by atoms with E-state index >= 15 is 0 Å². The van der Waals surface area contributed by atoms with E-state index < -0.39 is 0 Å². The Hall–Kier alpha value is -2.01. The smallest absolute Gasteiger partial charge is 0.146 e. The molecule has 3 heterocycles. The molecule has 3 aromatic rings. The van der Waals surface area contributed by atoms with Crippen molar-refractivity contribution in [2.24, 2.45) is 7.05 Å². The van der Waals surface area contributed by atoms with Crippen LogP contribution in [0.4, 0.5) is 0 Å². The number of pyridine rings is 1. The molecule has 0 aliphatic rings. The maximum absolute atomic E-state index is 6.08. The fourth-order valence-corrected chi connectivity index (χ4v) is 2.16. The van der Waals surface area contributed by atoms with Crippen molar-refractivity contribution in [2.75, 3.05) is 7.11 Å². The van der Waals surface area contributed by atoms with E-state index in [9.17, 15) is 0 Å². The van der Waals surface area contributed by atoms with Gasteiger partial charge >= 0.3 is 0 Å². The van der Waals surface area contributed by atoms with Gasteiger partial charge in [-0.25, -0.2) is 4.52 Å². The predicted molar refractivity (Wildman–Crippen MR) is 69.0 cm³/mol. The summed E-state index contributed by atoms with van der Waals surface area (Å²) in [6.07, 6.45) is 7.24. The van der Waals surface area contributed by atoms with Crippen LogP contribution in [0.1, 0.15) is 0 Å². The van der Waals surface area contributed by atoms with Gasteiger partial charge < -0.3 is 4.74 Å². The van der Waals surface area contributed by atoms with Gasteiger partial charge in [0, 0.05) is 30.6 Å². The highest BCUT2D eigenvalue weighted by molar-refractivity contribution is 6.34. The van der Waals surface area contributed by atoms with Gasteiger partial charge in [-0.05, 0) is 6.07 Å². The normalized spacial score (nSPS) is 11.1. The van der Waals surface area contributed by atoms with Gasteiger partial charge in [0.25, 0.3) is 0 Å². The van der Waals surface area contributed by atoms with Crippen LogP contribution < -0.4 is 4.74 Å². The van der Waals surface area contributed by atoms with Crippen LogP contribution in [0, 0.1) is 0 Å². The van der Waals surface area contributed by atoms with E-state index in [2.05, 4.69) is 10.2 Å². The van der Waals surface area contributed by atoms with Crippen LogP contribution in [-0.4, -0.2) is 26.5 Å². The molecule has 0 amide bonds. The largest absolute Gasteiger partial charge is 0.494 e. The molecule has 0 fully saturated rings. The van der Waals surface area contributed by atoms with Crippen molar-refractivity contribution >= 4 is 17.1 Å². The number of halogens is 1. The molecule has 0 unspecified atom stereocenters. The molecule has 0 aliphatic heterocycles. The second kappa shape index (κ2) is 4.03. The zero-order chi connectivity index (χ0) is 12.7. The van der Waals surface area contributed by atoms with Gasteiger partial charge in [-0.1, -0.05) is 11.6 Å². The van der Waals surface area contributed by atoms with E-state index in [0.717, 1.165) is 16.6 Å². The first-order valence-electron chi connectivity index (χ1n) is 5.39. The number of fused-ring (bicyclic) bond motifs is 1. The minimum absolute atomic E-state index is 0.574. The summed E-state index contributed by atoms with van der Waals surface area (Å²) in [6.45, 7) is 0. The highest BCUT2D eigenvalue weighted by Gasteiger charge is 2.11. The predicted octanol–water partition coefficient (Wildman–Crippen LogP) is 2.40. The van der Waals surface area contributed by atoms with E-state index in [1.165, 1.54) is 0 Å². The monoisotopic (exact) mass is 262 g/mol. The molecular formula is C12H11ClN4O. The molecule has 92 valence electrons. The third-order valence-corrected chi connectivity index (χ3v) is 3.07. The fraction of sp³-hybridized carbons (Fsp3) is 0.167. The number of nitrogens with zero attached hydrogens (tertiary/aromatic N) is 4. The first-order valence-corrected chi connectivity index (χ1v) is 5.76. The van der Waals surface area contributed by atoms with Crippen molar-refractivity contribution in [1.29, 1.82) is 0 Å². The van der Waals surface area contributed by atoms with Crippen molar-refractivity contribution < 1.29 is 4.74 Å². The minimum Gasteiger partial charge on any atom is -0.494 e. The van der Waals surface area contributed by atoms with Gasteiger partial charge in [0.1, 0.15) is 11.3 Å². The number of aryl methyl sites for hydroxylation is 1. The van der Waals surface area contributed by atoms with Crippen LogP contribution in [-0.2, 0) is 7.05 Å². The van der Waals surface area contributed by atoms with Gasteiger partial charge in [0.2, 0.25) is 0 Å². The van der Waals surface area contributed by atoms with E-state index in [1.54, 1.807) is 28.7 Å². The lowest BCUT2D eigenvalue weighted by molar-refractivity contribution is 0.417. The molecule has 0 saturated carbocycles. The summed E-state index contributed by atoms with van der Waals surface area (Å²) in [5, 5.41) is 8.92. The van der Waals surface area contributed by atoms with E-state index in [0.29, 0.717) is 10.8 Å². The Kier molecular flexibility index (Phi) is 2.48. The molecule has 0 aliphatic carbocycles. The summed E-state index contributed by atoms with van der Waals surface area (Å²) in [5.41, 5.74) is 2.75. The van der Waals surface area contributed by atoms with Gasteiger partial charge in [-0.2, -0.15) is 10.2 Å². The Bertz CT molecular complexity index is 716. The van der Waals surface area contributed by atoms with E-state index in [4.69, 9.17) is 16.3 Å². The topological polar surface area (TPSA) is 44.4 Å². The fourth-order valence-electron chi connectivity index (χ4n) is 1.93. The first kappa shape index (κ1) is 11.1. The minimum atomic E-state index is 0.574. The Balaban J connectivity index is 2.26. The molecule has 0 radical (unpaired) electrons. The zero-order valence-corrected chi connectivity index (χ0v) is 10.7.